The minimum atomic E-state index is -0.700. The maximum Gasteiger partial charge on any atom is 0.343 e. The molecule has 0 aliphatic carbocycles. The zero-order valence-electron chi connectivity index (χ0n) is 15.7. The van der Waals surface area contributed by atoms with Crippen molar-refractivity contribution >= 4 is 22.9 Å². The lowest BCUT2D eigenvalue weighted by Crippen LogP contribution is -2.30. The van der Waals surface area contributed by atoms with Crippen LogP contribution in [0.1, 0.15) is 43.2 Å². The van der Waals surface area contributed by atoms with E-state index in [1.807, 2.05) is 0 Å². The molecule has 0 unspecified atom stereocenters. The fourth-order valence-corrected chi connectivity index (χ4v) is 2.55. The molecule has 1 amide bonds. The molecule has 0 saturated heterocycles. The maximum absolute atomic E-state index is 12.6. The third-order valence-corrected chi connectivity index (χ3v) is 3.91. The summed E-state index contributed by atoms with van der Waals surface area (Å²) in [7, 11) is 0. The quantitative estimate of drug-likeness (QED) is 0.764. The van der Waals surface area contributed by atoms with Gasteiger partial charge >= 0.3 is 5.97 Å². The Hall–Kier alpha value is -2.70. The second-order valence-electron chi connectivity index (χ2n) is 6.58. The molecule has 0 fully saturated rings. The van der Waals surface area contributed by atoms with Gasteiger partial charge in [-0.25, -0.2) is 9.78 Å². The summed E-state index contributed by atoms with van der Waals surface area (Å²) in [6.45, 7) is 8.35. The van der Waals surface area contributed by atoms with Crippen molar-refractivity contribution in [3.63, 3.8) is 0 Å². The molecule has 0 aliphatic rings. The summed E-state index contributed by atoms with van der Waals surface area (Å²) in [6.07, 6.45) is 2.24. The average molecular weight is 359 g/mol. The van der Waals surface area contributed by atoms with Gasteiger partial charge in [-0.15, -0.1) is 0 Å². The van der Waals surface area contributed by atoms with Gasteiger partial charge in [0.1, 0.15) is 17.8 Å². The number of hydrogen-bond donors (Lipinski definition) is 1. The number of carbonyl (C=O) groups excluding carboxylic acids is 2. The lowest BCUT2D eigenvalue weighted by atomic mass is 10.1. The van der Waals surface area contributed by atoms with Gasteiger partial charge in [-0.05, 0) is 38.3 Å². The zero-order valence-corrected chi connectivity index (χ0v) is 15.7. The van der Waals surface area contributed by atoms with Crippen LogP contribution < -0.4 is 10.7 Å². The first kappa shape index (κ1) is 19.6. The van der Waals surface area contributed by atoms with Crippen molar-refractivity contribution in [3.8, 4) is 0 Å². The summed E-state index contributed by atoms with van der Waals surface area (Å²) in [4.78, 5) is 41.3. The maximum atomic E-state index is 12.6. The Morgan fingerprint density at radius 1 is 1.31 bits per heavy atom. The second kappa shape index (κ2) is 8.60. The first-order chi connectivity index (χ1) is 12.3. The van der Waals surface area contributed by atoms with Crippen molar-refractivity contribution in [3.05, 3.63) is 39.8 Å². The highest BCUT2D eigenvalue weighted by Gasteiger charge is 2.18. The van der Waals surface area contributed by atoms with Gasteiger partial charge in [0.15, 0.2) is 0 Å². The van der Waals surface area contributed by atoms with E-state index in [4.69, 9.17) is 4.74 Å². The van der Waals surface area contributed by atoms with Crippen LogP contribution in [0.4, 0.5) is 0 Å². The molecule has 0 saturated carbocycles. The first-order valence-electron chi connectivity index (χ1n) is 8.78. The number of rotatable bonds is 7. The molecule has 0 spiro atoms. The number of nitrogens with one attached hydrogen (secondary N) is 1. The minimum absolute atomic E-state index is 0.0300. The van der Waals surface area contributed by atoms with Crippen LogP contribution in [0.2, 0.25) is 0 Å². The van der Waals surface area contributed by atoms with Crippen LogP contribution in [0.3, 0.4) is 0 Å². The number of aryl methyl sites for hydroxylation is 1. The van der Waals surface area contributed by atoms with Crippen LogP contribution in [-0.4, -0.2) is 34.6 Å². The van der Waals surface area contributed by atoms with E-state index in [2.05, 4.69) is 24.1 Å². The molecule has 26 heavy (non-hydrogen) atoms. The normalized spacial score (nSPS) is 11.0. The van der Waals surface area contributed by atoms with Crippen LogP contribution in [0.5, 0.6) is 0 Å². The smallest absolute Gasteiger partial charge is 0.343 e. The molecular weight excluding hydrogens is 334 g/mol. The Balaban J connectivity index is 2.41. The molecule has 1 N–H and O–H groups in total. The van der Waals surface area contributed by atoms with Crippen LogP contribution in [0, 0.1) is 12.8 Å². The van der Waals surface area contributed by atoms with Gasteiger partial charge in [-0.1, -0.05) is 13.8 Å². The van der Waals surface area contributed by atoms with E-state index in [-0.39, 0.29) is 30.0 Å². The van der Waals surface area contributed by atoms with E-state index in [1.165, 1.54) is 10.8 Å². The molecule has 2 aromatic rings. The Kier molecular flexibility index (Phi) is 6.49. The van der Waals surface area contributed by atoms with Gasteiger partial charge in [-0.3, -0.25) is 9.59 Å². The van der Waals surface area contributed by atoms with E-state index in [0.29, 0.717) is 18.1 Å². The molecule has 0 aliphatic heterocycles. The van der Waals surface area contributed by atoms with E-state index >= 15 is 0 Å². The van der Waals surface area contributed by atoms with E-state index < -0.39 is 11.4 Å². The molecule has 2 heterocycles. The topological polar surface area (TPSA) is 90.3 Å². The zero-order chi connectivity index (χ0) is 19.3. The Bertz CT molecular complexity index is 871. The van der Waals surface area contributed by atoms with Crippen LogP contribution in [-0.2, 0) is 16.1 Å². The van der Waals surface area contributed by atoms with E-state index in [0.717, 1.165) is 12.1 Å². The summed E-state index contributed by atoms with van der Waals surface area (Å²) < 4.78 is 6.49. The van der Waals surface area contributed by atoms with Gasteiger partial charge in [0.05, 0.1) is 12.0 Å². The molecule has 2 aromatic heterocycles. The number of carbonyl (C=O) groups is 2. The number of hydrogen-bond acceptors (Lipinski definition) is 5. The molecule has 0 radical (unpaired) electrons. The number of ether oxygens (including phenoxy) is 1. The lowest BCUT2D eigenvalue weighted by Gasteiger charge is -2.13. The average Bonchev–Trinajstić information content (AvgIpc) is 2.57. The van der Waals surface area contributed by atoms with E-state index in [9.17, 15) is 14.4 Å². The third kappa shape index (κ3) is 4.68. The number of fused-ring (bicyclic) bond motifs is 1. The van der Waals surface area contributed by atoms with Gasteiger partial charge in [0.2, 0.25) is 11.3 Å². The molecular formula is C19H25N3O4. The number of esters is 1. The lowest BCUT2D eigenvalue weighted by molar-refractivity contribution is -0.121. The number of pyridine rings is 2. The van der Waals surface area contributed by atoms with Gasteiger partial charge in [-0.2, -0.15) is 0 Å². The SMILES string of the molecule is CCOC(=O)c1cn(CC(=O)NCCC(C)C)c2nc(C)ccc2c1=O. The standard InChI is InChI=1S/C19H25N3O4/c1-5-26-19(25)15-10-22(11-16(23)20-9-8-12(2)3)18-14(17(15)24)7-6-13(4)21-18/h6-7,10,12H,5,8-9,11H2,1-4H3,(H,20,23). The predicted octanol–water partition coefficient (Wildman–Crippen LogP) is 2.04. The summed E-state index contributed by atoms with van der Waals surface area (Å²) in [5, 5.41) is 3.14. The van der Waals surface area contributed by atoms with Gasteiger partial charge in [0, 0.05) is 18.4 Å². The number of aromatic nitrogens is 2. The van der Waals surface area contributed by atoms with E-state index in [1.54, 1.807) is 26.0 Å². The van der Waals surface area contributed by atoms with Crippen LogP contribution in [0.25, 0.3) is 11.0 Å². The summed E-state index contributed by atoms with van der Waals surface area (Å²) in [5.74, 6) is -0.411. The summed E-state index contributed by atoms with van der Waals surface area (Å²) in [5.41, 5.74) is 0.555. The first-order valence-corrected chi connectivity index (χ1v) is 8.78. The van der Waals surface area contributed by atoms with Crippen LogP contribution in [0.15, 0.2) is 23.1 Å². The molecule has 7 nitrogen and oxygen atoms in total. The molecule has 140 valence electrons. The number of amides is 1. The summed E-state index contributed by atoms with van der Waals surface area (Å²) in [6, 6.07) is 3.32. The van der Waals surface area contributed by atoms with Crippen molar-refractivity contribution in [2.24, 2.45) is 5.92 Å². The van der Waals surface area contributed by atoms with Crippen molar-refractivity contribution < 1.29 is 14.3 Å². The van der Waals surface area contributed by atoms with Crippen molar-refractivity contribution in [2.45, 2.75) is 40.7 Å². The highest BCUT2D eigenvalue weighted by atomic mass is 16.5. The highest BCUT2D eigenvalue weighted by Crippen LogP contribution is 2.12. The van der Waals surface area contributed by atoms with Crippen molar-refractivity contribution in [2.75, 3.05) is 13.2 Å². The molecule has 0 bridgehead atoms. The third-order valence-electron chi connectivity index (χ3n) is 3.91. The Morgan fingerprint density at radius 3 is 2.69 bits per heavy atom. The second-order valence-corrected chi connectivity index (χ2v) is 6.58. The fraction of sp³-hybridized carbons (Fsp3) is 0.474. The van der Waals surface area contributed by atoms with Crippen molar-refractivity contribution in [1.29, 1.82) is 0 Å². The largest absolute Gasteiger partial charge is 0.462 e. The van der Waals surface area contributed by atoms with Crippen molar-refractivity contribution in [1.82, 2.24) is 14.9 Å². The molecule has 0 aromatic carbocycles. The Morgan fingerprint density at radius 2 is 2.04 bits per heavy atom. The Labute approximate surface area is 152 Å². The highest BCUT2D eigenvalue weighted by molar-refractivity contribution is 5.93. The predicted molar refractivity (Wildman–Crippen MR) is 99.2 cm³/mol. The molecule has 2 rings (SSSR count). The van der Waals surface area contributed by atoms with Gasteiger partial charge < -0.3 is 14.6 Å². The molecule has 7 heteroatoms. The van der Waals surface area contributed by atoms with Crippen LogP contribution >= 0.6 is 0 Å². The monoisotopic (exact) mass is 359 g/mol. The number of nitrogens with zero attached hydrogens (tertiary/aromatic N) is 2. The van der Waals surface area contributed by atoms with Gasteiger partial charge in [0.25, 0.3) is 0 Å². The summed E-state index contributed by atoms with van der Waals surface area (Å²) >= 11 is 0. The minimum Gasteiger partial charge on any atom is -0.462 e. The molecule has 0 atom stereocenters. The fourth-order valence-electron chi connectivity index (χ4n) is 2.55.